The van der Waals surface area contributed by atoms with E-state index in [1.54, 1.807) is 18.9 Å². The van der Waals surface area contributed by atoms with E-state index in [2.05, 4.69) is 10.1 Å². The van der Waals surface area contributed by atoms with Crippen LogP contribution in [0.2, 0.25) is 0 Å². The fourth-order valence-corrected chi connectivity index (χ4v) is 3.28. The molecular weight excluding hydrogens is 338 g/mol. The van der Waals surface area contributed by atoms with Gasteiger partial charge in [-0.05, 0) is 31.2 Å². The minimum absolute atomic E-state index is 0.0542. The lowest BCUT2D eigenvalue weighted by atomic mass is 10.2. The van der Waals surface area contributed by atoms with Crippen molar-refractivity contribution in [2.45, 2.75) is 31.0 Å². The van der Waals surface area contributed by atoms with Crippen LogP contribution in [0, 0.1) is 13.8 Å². The monoisotopic (exact) mass is 357 g/mol. The molecule has 0 saturated heterocycles. The van der Waals surface area contributed by atoms with Crippen LogP contribution >= 0.6 is 11.8 Å². The molecule has 0 atom stereocenters. The average Bonchev–Trinajstić information content (AvgIpc) is 3.20. The van der Waals surface area contributed by atoms with Crippen molar-refractivity contribution in [3.8, 4) is 0 Å². The van der Waals surface area contributed by atoms with Gasteiger partial charge in [0.2, 0.25) is 5.89 Å². The van der Waals surface area contributed by atoms with E-state index in [0.717, 1.165) is 16.4 Å². The summed E-state index contributed by atoms with van der Waals surface area (Å²) in [6.07, 6.45) is 0. The van der Waals surface area contributed by atoms with Crippen molar-refractivity contribution in [3.05, 3.63) is 65.2 Å². The summed E-state index contributed by atoms with van der Waals surface area (Å²) >= 11 is 1.51. The van der Waals surface area contributed by atoms with Gasteiger partial charge in [0.05, 0.1) is 17.9 Å². The first-order valence-electron chi connectivity index (χ1n) is 7.84. The van der Waals surface area contributed by atoms with E-state index in [0.29, 0.717) is 29.6 Å². The molecule has 6 nitrogen and oxygen atoms in total. The van der Waals surface area contributed by atoms with E-state index in [1.165, 1.54) is 11.8 Å². The zero-order chi connectivity index (χ0) is 17.8. The van der Waals surface area contributed by atoms with E-state index >= 15 is 0 Å². The van der Waals surface area contributed by atoms with Crippen molar-refractivity contribution in [1.82, 2.24) is 15.0 Å². The first-order chi connectivity index (χ1) is 12.0. The fourth-order valence-electron chi connectivity index (χ4n) is 2.39. The Morgan fingerprint density at radius 3 is 2.68 bits per heavy atom. The molecule has 0 aliphatic carbocycles. The average molecular weight is 357 g/mol. The molecule has 7 heteroatoms. The topological polar surface area (TPSA) is 72.4 Å². The van der Waals surface area contributed by atoms with Gasteiger partial charge in [-0.3, -0.25) is 4.79 Å². The maximum Gasteiger partial charge on any atom is 0.255 e. The molecule has 0 spiro atoms. The summed E-state index contributed by atoms with van der Waals surface area (Å²) in [5.41, 5.74) is 0.651. The zero-order valence-electron chi connectivity index (χ0n) is 14.4. The summed E-state index contributed by atoms with van der Waals surface area (Å²) in [6.45, 7) is 4.07. The van der Waals surface area contributed by atoms with Crippen LogP contribution < -0.4 is 0 Å². The maximum absolute atomic E-state index is 12.8. The van der Waals surface area contributed by atoms with E-state index in [-0.39, 0.29) is 5.91 Å². The predicted octanol–water partition coefficient (Wildman–Crippen LogP) is 3.84. The highest BCUT2D eigenvalue weighted by Gasteiger charge is 2.17. The maximum atomic E-state index is 12.8. The second kappa shape index (κ2) is 7.57. The van der Waals surface area contributed by atoms with Gasteiger partial charge in [-0.2, -0.15) is 4.98 Å². The summed E-state index contributed by atoms with van der Waals surface area (Å²) in [5.74, 6) is 3.24. The SMILES string of the molecule is Cc1ccc(CN(C)C(=O)c2ccccc2SCc2noc(C)n2)o1. The molecule has 25 heavy (non-hydrogen) atoms. The Morgan fingerprint density at radius 1 is 1.20 bits per heavy atom. The van der Waals surface area contributed by atoms with Gasteiger partial charge in [0.15, 0.2) is 5.82 Å². The molecule has 0 aliphatic heterocycles. The second-order valence-electron chi connectivity index (χ2n) is 5.69. The molecule has 3 rings (SSSR count). The molecule has 1 aromatic carbocycles. The summed E-state index contributed by atoms with van der Waals surface area (Å²) in [5, 5.41) is 3.88. The Hall–Kier alpha value is -2.54. The van der Waals surface area contributed by atoms with Gasteiger partial charge in [-0.1, -0.05) is 17.3 Å². The van der Waals surface area contributed by atoms with Gasteiger partial charge in [0.25, 0.3) is 5.91 Å². The minimum atomic E-state index is -0.0542. The number of amides is 1. The Labute approximate surface area is 150 Å². The highest BCUT2D eigenvalue weighted by Crippen LogP contribution is 2.26. The van der Waals surface area contributed by atoms with Crippen LogP contribution in [-0.4, -0.2) is 28.0 Å². The van der Waals surface area contributed by atoms with E-state index in [4.69, 9.17) is 8.94 Å². The third-order valence-electron chi connectivity index (χ3n) is 3.58. The molecule has 0 fully saturated rings. The normalized spacial score (nSPS) is 10.8. The quantitative estimate of drug-likeness (QED) is 0.624. The van der Waals surface area contributed by atoms with Crippen molar-refractivity contribution in [2.75, 3.05) is 7.05 Å². The highest BCUT2D eigenvalue weighted by molar-refractivity contribution is 7.98. The fraction of sp³-hybridized carbons (Fsp3) is 0.278. The largest absolute Gasteiger partial charge is 0.464 e. The molecule has 0 aliphatic rings. The number of rotatable bonds is 6. The first-order valence-corrected chi connectivity index (χ1v) is 8.83. The lowest BCUT2D eigenvalue weighted by molar-refractivity contribution is 0.0771. The van der Waals surface area contributed by atoms with Crippen molar-refractivity contribution in [2.24, 2.45) is 0 Å². The predicted molar refractivity (Wildman–Crippen MR) is 94.3 cm³/mol. The third-order valence-corrected chi connectivity index (χ3v) is 4.65. The van der Waals surface area contributed by atoms with Crippen LogP contribution in [0.5, 0.6) is 0 Å². The summed E-state index contributed by atoms with van der Waals surface area (Å²) in [6, 6.07) is 11.3. The van der Waals surface area contributed by atoms with Gasteiger partial charge in [-0.25, -0.2) is 0 Å². The molecule has 0 unspecified atom stereocenters. The molecule has 1 amide bonds. The van der Waals surface area contributed by atoms with Crippen molar-refractivity contribution >= 4 is 17.7 Å². The number of furan rings is 1. The minimum Gasteiger partial charge on any atom is -0.464 e. The number of benzene rings is 1. The van der Waals surface area contributed by atoms with Gasteiger partial charge in [0.1, 0.15) is 11.5 Å². The second-order valence-corrected chi connectivity index (χ2v) is 6.71. The third kappa shape index (κ3) is 4.30. The highest BCUT2D eigenvalue weighted by atomic mass is 32.2. The van der Waals surface area contributed by atoms with Crippen molar-refractivity contribution in [1.29, 1.82) is 0 Å². The lowest BCUT2D eigenvalue weighted by Crippen LogP contribution is -2.26. The molecule has 2 heterocycles. The lowest BCUT2D eigenvalue weighted by Gasteiger charge is -2.17. The van der Waals surface area contributed by atoms with Crippen LogP contribution in [0.4, 0.5) is 0 Å². The van der Waals surface area contributed by atoms with Gasteiger partial charge < -0.3 is 13.8 Å². The molecular formula is C18H19N3O3S. The molecule has 2 aromatic heterocycles. The molecule has 130 valence electrons. The van der Waals surface area contributed by atoms with Crippen molar-refractivity contribution < 1.29 is 13.7 Å². The number of hydrogen-bond donors (Lipinski definition) is 0. The number of carbonyl (C=O) groups excluding carboxylic acids is 1. The summed E-state index contributed by atoms with van der Waals surface area (Å²) in [4.78, 5) is 19.5. The Balaban J connectivity index is 1.71. The van der Waals surface area contributed by atoms with E-state index in [1.807, 2.05) is 43.3 Å². The Bertz CT molecular complexity index is 872. The van der Waals surface area contributed by atoms with Crippen LogP contribution in [-0.2, 0) is 12.3 Å². The van der Waals surface area contributed by atoms with Gasteiger partial charge in [-0.15, -0.1) is 11.8 Å². The van der Waals surface area contributed by atoms with Crippen LogP contribution in [0.25, 0.3) is 0 Å². The van der Waals surface area contributed by atoms with Crippen LogP contribution in [0.1, 0.15) is 33.6 Å². The van der Waals surface area contributed by atoms with Gasteiger partial charge >= 0.3 is 0 Å². The molecule has 0 N–H and O–H groups in total. The zero-order valence-corrected chi connectivity index (χ0v) is 15.2. The standard InChI is InChI=1S/C18H19N3O3S/c1-12-8-9-14(23-12)10-21(3)18(22)15-6-4-5-7-16(15)25-11-17-19-13(2)24-20-17/h4-9H,10-11H2,1-3H3. The van der Waals surface area contributed by atoms with E-state index in [9.17, 15) is 4.79 Å². The summed E-state index contributed by atoms with van der Waals surface area (Å²) < 4.78 is 10.5. The van der Waals surface area contributed by atoms with Crippen molar-refractivity contribution in [3.63, 3.8) is 0 Å². The number of thioether (sulfide) groups is 1. The Morgan fingerprint density at radius 2 is 2.00 bits per heavy atom. The number of aryl methyl sites for hydroxylation is 2. The van der Waals surface area contributed by atoms with Crippen LogP contribution in [0.3, 0.4) is 0 Å². The number of hydrogen-bond acceptors (Lipinski definition) is 6. The Kier molecular flexibility index (Phi) is 5.23. The molecule has 0 saturated carbocycles. The van der Waals surface area contributed by atoms with Crippen LogP contribution in [0.15, 0.2) is 50.2 Å². The van der Waals surface area contributed by atoms with Gasteiger partial charge in [0, 0.05) is 18.9 Å². The molecule has 3 aromatic rings. The molecule has 0 bridgehead atoms. The number of nitrogens with zero attached hydrogens (tertiary/aromatic N) is 3. The number of carbonyl (C=O) groups is 1. The smallest absolute Gasteiger partial charge is 0.255 e. The van der Waals surface area contributed by atoms with E-state index < -0.39 is 0 Å². The number of aromatic nitrogens is 2. The first kappa shape index (κ1) is 17.3. The summed E-state index contributed by atoms with van der Waals surface area (Å²) in [7, 11) is 1.77. The molecule has 0 radical (unpaired) electrons.